The Balaban J connectivity index is 0.000000231. The van der Waals surface area contributed by atoms with Crippen molar-refractivity contribution in [2.75, 3.05) is 37.4 Å². The second-order valence-electron chi connectivity index (χ2n) is 18.3. The molecule has 7 aromatic rings. The fourth-order valence-electron chi connectivity index (χ4n) is 8.78. The van der Waals surface area contributed by atoms with E-state index in [0.717, 1.165) is 52.9 Å². The van der Waals surface area contributed by atoms with Gasteiger partial charge in [0, 0.05) is 65.9 Å². The van der Waals surface area contributed by atoms with Crippen molar-refractivity contribution in [1.82, 2.24) is 0 Å². The molecular formula is C59H55N5Na2O13S3. The van der Waals surface area contributed by atoms with Crippen LogP contribution < -0.4 is 79.4 Å². The molecule has 0 radical (unpaired) electrons. The van der Waals surface area contributed by atoms with Gasteiger partial charge in [-0.1, -0.05) is 66.7 Å². The first-order valence-corrected chi connectivity index (χ1v) is 28.9. The summed E-state index contributed by atoms with van der Waals surface area (Å²) in [7, 11) is -10.4. The first kappa shape index (κ1) is 66.2. The molecule has 0 bridgehead atoms. The maximum Gasteiger partial charge on any atom is 1.00 e. The molecule has 1 aliphatic carbocycles. The van der Waals surface area contributed by atoms with E-state index in [1.54, 1.807) is 48.5 Å². The van der Waals surface area contributed by atoms with Gasteiger partial charge >= 0.3 is 65.1 Å². The van der Waals surface area contributed by atoms with Gasteiger partial charge in [-0.25, -0.2) is 26.6 Å². The van der Waals surface area contributed by atoms with Crippen LogP contribution >= 0.6 is 0 Å². The normalized spacial score (nSPS) is 15.7. The Labute approximate surface area is 521 Å². The molecule has 2 aliphatic rings. The Kier molecular flexibility index (Phi) is 22.7. The number of ether oxygens (including phenoxy) is 1. The van der Waals surface area contributed by atoms with Crippen molar-refractivity contribution in [2.24, 2.45) is 10.2 Å². The van der Waals surface area contributed by atoms with Gasteiger partial charge in [-0.05, 0) is 153 Å². The Morgan fingerprint density at radius 1 is 0.707 bits per heavy atom. The van der Waals surface area contributed by atoms with E-state index >= 15 is 0 Å². The summed E-state index contributed by atoms with van der Waals surface area (Å²) < 4.78 is 108. The molecular weight excluding hydrogens is 1130 g/mol. The molecule has 0 saturated carbocycles. The molecule has 414 valence electrons. The van der Waals surface area contributed by atoms with E-state index in [0.29, 0.717) is 50.8 Å². The Bertz CT molecular complexity index is 3920. The van der Waals surface area contributed by atoms with Gasteiger partial charge in [0.05, 0.1) is 31.6 Å². The van der Waals surface area contributed by atoms with Crippen molar-refractivity contribution in [3.63, 3.8) is 0 Å². The quantitative estimate of drug-likeness (QED) is 0.0558. The fourth-order valence-corrected chi connectivity index (χ4v) is 10.5. The van der Waals surface area contributed by atoms with Crippen LogP contribution in [0.2, 0.25) is 0 Å². The van der Waals surface area contributed by atoms with E-state index in [4.69, 9.17) is 4.74 Å². The number of allylic oxidation sites excluding steroid dienone is 5. The Morgan fingerprint density at radius 2 is 1.28 bits per heavy atom. The van der Waals surface area contributed by atoms with E-state index in [2.05, 4.69) is 20.5 Å². The van der Waals surface area contributed by atoms with Gasteiger partial charge in [0.25, 0.3) is 10.1 Å². The summed E-state index contributed by atoms with van der Waals surface area (Å²) in [4.78, 5) is 16.0. The second kappa shape index (κ2) is 28.1. The van der Waals surface area contributed by atoms with Gasteiger partial charge in [-0.2, -0.15) is 18.6 Å². The molecule has 9 rings (SSSR count). The van der Waals surface area contributed by atoms with E-state index in [-0.39, 0.29) is 81.1 Å². The molecule has 1 heterocycles. The van der Waals surface area contributed by atoms with E-state index in [1.165, 1.54) is 42.5 Å². The van der Waals surface area contributed by atoms with Crippen LogP contribution in [0.4, 0.5) is 22.7 Å². The number of hydrogen-bond acceptors (Lipinski definition) is 16. The molecule has 0 saturated heterocycles. The zero-order valence-electron chi connectivity index (χ0n) is 46.1. The SMILES string of the molecule is CCNc1ccc(/C(=C2/C=CC(=[NH+]CC)C(C)=C2)c2ccc(S(=O)(=O)O)cc2S(=O)(=O)[O-])cc1C.CN(C)c1ccc(N=Nc2ccc(S(=O)(=O)[O-])cc2)cc1.O=C1OC(c2ccc([O-])cc2)(c2ccc(O)cc2)c2ccccc21.[Na+].[Na+]. The van der Waals surface area contributed by atoms with Crippen LogP contribution in [0.25, 0.3) is 5.57 Å². The molecule has 23 heteroatoms. The number of nitrogens with one attached hydrogen (secondary N) is 2. The predicted octanol–water partition coefficient (Wildman–Crippen LogP) is 2.45. The number of esters is 1. The molecule has 82 heavy (non-hydrogen) atoms. The van der Waals surface area contributed by atoms with Crippen molar-refractivity contribution in [3.05, 3.63) is 226 Å². The third-order valence-corrected chi connectivity index (χ3v) is 15.2. The number of hydrogen-bond donors (Lipinski definition) is 4. The second-order valence-corrected chi connectivity index (χ2v) is 22.5. The number of phenolic OH excluding ortho intramolecular Hbond substituents is 1. The number of aromatic hydroxyl groups is 1. The van der Waals surface area contributed by atoms with Crippen molar-refractivity contribution >= 4 is 70.4 Å². The number of carbonyl (C=O) groups excluding carboxylic acids is 1. The van der Waals surface area contributed by atoms with Gasteiger partial charge < -0.3 is 34.3 Å². The maximum absolute atomic E-state index is 12.4. The van der Waals surface area contributed by atoms with E-state index < -0.39 is 51.7 Å². The number of nitrogens with zero attached hydrogens (tertiary/aromatic N) is 3. The van der Waals surface area contributed by atoms with Crippen LogP contribution in [0, 0.1) is 6.92 Å². The van der Waals surface area contributed by atoms with Gasteiger partial charge in [-0.15, -0.1) is 5.75 Å². The monoisotopic (exact) mass is 1180 g/mol. The third-order valence-electron chi connectivity index (χ3n) is 12.6. The zero-order valence-corrected chi connectivity index (χ0v) is 52.6. The molecule has 1 aliphatic heterocycles. The minimum absolute atomic E-state index is 0. The van der Waals surface area contributed by atoms with Gasteiger partial charge in [-0.3, -0.25) is 4.55 Å². The van der Waals surface area contributed by atoms with E-state index in [9.17, 15) is 53.9 Å². The van der Waals surface area contributed by atoms with Crippen LogP contribution in [0.15, 0.2) is 212 Å². The van der Waals surface area contributed by atoms with Crippen LogP contribution in [0.5, 0.6) is 11.5 Å². The maximum atomic E-state index is 12.4. The van der Waals surface area contributed by atoms with Crippen molar-refractivity contribution in [1.29, 1.82) is 0 Å². The van der Waals surface area contributed by atoms with Gasteiger partial charge in [0.15, 0.2) is 5.60 Å². The summed E-state index contributed by atoms with van der Waals surface area (Å²) in [6.07, 6.45) is 5.55. The first-order chi connectivity index (χ1) is 37.8. The number of fused-ring (bicyclic) bond motifs is 1. The number of carbonyl (C=O) groups is 1. The van der Waals surface area contributed by atoms with Crippen molar-refractivity contribution < 1.29 is 123 Å². The van der Waals surface area contributed by atoms with Crippen LogP contribution in [-0.4, -0.2) is 82.9 Å². The molecule has 0 spiro atoms. The topological polar surface area (TPSA) is 292 Å². The number of cyclic esters (lactones) is 1. The standard InChI is InChI=1S/C25H28N2O6S2.C20H14O4.C14H15N3O3S.2Na/c1-5-26-22-11-7-18(13-16(22)3)25(19-8-12-23(27-6-2)17(4)14-19)21-10-9-20(34(28,29)30)15-24(21)35(31,32)33;21-15-9-5-13(6-10-15)20(14-7-11-16(22)12-8-14)18-4-2-1-3-17(18)19(23)24-20;1-17(2)13-7-3-11(4-8-13)15-16-12-5-9-14(10-6-12)21(18,19)20;;/h7-15,26H,5-6H2,1-4H3,(H,28,29,30)(H,31,32,33);1-12,21-22H;3-10H,1-2H3,(H,18,19,20);;/q;;;2*+1/p-2/b25-19+,27-23?;;;;. The number of rotatable bonds is 13. The van der Waals surface area contributed by atoms with Gasteiger partial charge in [0.1, 0.15) is 32.5 Å². The first-order valence-electron chi connectivity index (χ1n) is 24.6. The van der Waals surface area contributed by atoms with Gasteiger partial charge in [0.2, 0.25) is 5.71 Å². The summed E-state index contributed by atoms with van der Waals surface area (Å²) in [5, 5.41) is 32.4. The molecule has 0 aromatic heterocycles. The molecule has 0 fully saturated rings. The Hall–Kier alpha value is -6.57. The largest absolute Gasteiger partial charge is 1.00 e. The minimum Gasteiger partial charge on any atom is -0.872 e. The summed E-state index contributed by atoms with van der Waals surface area (Å²) in [5.74, 6) is -0.400. The summed E-state index contributed by atoms with van der Waals surface area (Å²) in [6, 6.07) is 41.3. The number of azo groups is 1. The van der Waals surface area contributed by atoms with Crippen LogP contribution in [-0.2, 0) is 40.7 Å². The Morgan fingerprint density at radius 3 is 1.80 bits per heavy atom. The molecule has 0 amide bonds. The number of phenols is 1. The predicted molar refractivity (Wildman–Crippen MR) is 300 cm³/mol. The fraction of sp³-hybridized carbons (Fsp3) is 0.153. The van der Waals surface area contributed by atoms with Crippen molar-refractivity contribution in [3.8, 4) is 11.5 Å². The molecule has 7 aromatic carbocycles. The molecule has 4 N–H and O–H groups in total. The third kappa shape index (κ3) is 15.9. The summed E-state index contributed by atoms with van der Waals surface area (Å²) >= 11 is 0. The average Bonchev–Trinajstić information content (AvgIpc) is 4.00. The minimum atomic E-state index is -5.10. The average molecular weight is 1180 g/mol. The smallest absolute Gasteiger partial charge is 0.872 e. The summed E-state index contributed by atoms with van der Waals surface area (Å²) in [6.45, 7) is 9.20. The number of anilines is 2. The summed E-state index contributed by atoms with van der Waals surface area (Å²) in [5.41, 5.74) is 9.09. The molecule has 1 unspecified atom stereocenters. The van der Waals surface area contributed by atoms with Crippen molar-refractivity contribution in [2.45, 2.75) is 48.0 Å². The van der Waals surface area contributed by atoms with E-state index in [1.807, 2.05) is 120 Å². The van der Waals surface area contributed by atoms with Crippen LogP contribution in [0.3, 0.4) is 0 Å². The molecule has 18 nitrogen and oxygen atoms in total. The number of aryl methyl sites for hydroxylation is 1. The van der Waals surface area contributed by atoms with Crippen LogP contribution in [0.1, 0.15) is 64.5 Å². The number of benzene rings is 7. The molecule has 1 atom stereocenters. The zero-order chi connectivity index (χ0) is 58.2.